The average molecular weight is 269 g/mol. The molecule has 4 heteroatoms. The molecule has 1 aliphatic heterocycles. The number of aryl methyl sites for hydroxylation is 1. The van der Waals surface area contributed by atoms with Crippen LogP contribution in [0.2, 0.25) is 5.02 Å². The summed E-state index contributed by atoms with van der Waals surface area (Å²) in [7, 11) is 0. The summed E-state index contributed by atoms with van der Waals surface area (Å²) in [5, 5.41) is 10.1. The molecule has 1 aromatic rings. The monoisotopic (exact) mass is 268 g/mol. The summed E-state index contributed by atoms with van der Waals surface area (Å²) >= 11 is 6.18. The average Bonchev–Trinajstić information content (AvgIpc) is 2.34. The topological polar surface area (TPSA) is 46.5 Å². The van der Waals surface area contributed by atoms with Crippen LogP contribution in [0.1, 0.15) is 24.0 Å². The number of ether oxygens (including phenoxy) is 1. The summed E-state index contributed by atoms with van der Waals surface area (Å²) in [5.74, 6) is -0.793. The van der Waals surface area contributed by atoms with E-state index >= 15 is 0 Å². The van der Waals surface area contributed by atoms with Crippen LogP contribution in [0.15, 0.2) is 18.2 Å². The number of halogens is 1. The van der Waals surface area contributed by atoms with Crippen LogP contribution in [-0.4, -0.2) is 24.3 Å². The molecule has 0 saturated carbocycles. The highest BCUT2D eigenvalue weighted by Crippen LogP contribution is 2.35. The molecule has 0 amide bonds. The maximum atomic E-state index is 11.5. The second kappa shape index (κ2) is 5.29. The summed E-state index contributed by atoms with van der Waals surface area (Å²) < 4.78 is 5.36. The molecule has 98 valence electrons. The van der Waals surface area contributed by atoms with Gasteiger partial charge in [-0.05, 0) is 43.4 Å². The fraction of sp³-hybridized carbons (Fsp3) is 0.500. The number of hydrogen-bond donors (Lipinski definition) is 1. The van der Waals surface area contributed by atoms with E-state index in [1.807, 2.05) is 25.1 Å². The third-order valence-corrected chi connectivity index (χ3v) is 3.87. The van der Waals surface area contributed by atoms with Crippen LogP contribution in [0.5, 0.6) is 0 Å². The van der Waals surface area contributed by atoms with Gasteiger partial charge in [0.1, 0.15) is 0 Å². The Labute approximate surface area is 112 Å². The summed E-state index contributed by atoms with van der Waals surface area (Å²) in [6, 6.07) is 5.74. The third-order valence-electron chi connectivity index (χ3n) is 3.51. The number of hydrogen-bond acceptors (Lipinski definition) is 2. The molecule has 1 heterocycles. The quantitative estimate of drug-likeness (QED) is 0.916. The lowest BCUT2D eigenvalue weighted by atomic mass is 9.77. The van der Waals surface area contributed by atoms with E-state index in [2.05, 4.69) is 0 Å². The minimum atomic E-state index is -0.822. The fourth-order valence-corrected chi connectivity index (χ4v) is 2.70. The van der Waals surface area contributed by atoms with Gasteiger partial charge in [0.2, 0.25) is 0 Å². The molecule has 2 rings (SSSR count). The van der Waals surface area contributed by atoms with Crippen molar-refractivity contribution in [2.24, 2.45) is 5.41 Å². The molecule has 1 aromatic carbocycles. The number of benzene rings is 1. The lowest BCUT2D eigenvalue weighted by Crippen LogP contribution is -2.41. The molecule has 0 aliphatic carbocycles. The Hall–Kier alpha value is -1.06. The molecule has 0 aromatic heterocycles. The highest BCUT2D eigenvalue weighted by Gasteiger charge is 2.41. The van der Waals surface area contributed by atoms with E-state index in [0.29, 0.717) is 24.5 Å². The molecule has 1 unspecified atom stereocenters. The maximum absolute atomic E-state index is 11.5. The van der Waals surface area contributed by atoms with Crippen molar-refractivity contribution in [3.8, 4) is 0 Å². The van der Waals surface area contributed by atoms with E-state index < -0.39 is 11.4 Å². The SMILES string of the molecule is Cc1ccc(CC2(C(=O)O)CCCOC2)c(Cl)c1. The second-order valence-electron chi connectivity index (χ2n) is 5.01. The molecular formula is C14H17ClO3. The van der Waals surface area contributed by atoms with Gasteiger partial charge < -0.3 is 9.84 Å². The Bertz CT molecular complexity index is 450. The number of aliphatic carboxylic acids is 1. The van der Waals surface area contributed by atoms with Gasteiger partial charge >= 0.3 is 5.97 Å². The van der Waals surface area contributed by atoms with Crippen LogP contribution < -0.4 is 0 Å². The highest BCUT2D eigenvalue weighted by atomic mass is 35.5. The molecule has 1 aliphatic rings. The maximum Gasteiger partial charge on any atom is 0.312 e. The van der Waals surface area contributed by atoms with Gasteiger partial charge in [0.05, 0.1) is 12.0 Å². The third kappa shape index (κ3) is 2.68. The van der Waals surface area contributed by atoms with E-state index in [9.17, 15) is 9.90 Å². The molecular weight excluding hydrogens is 252 g/mol. The first-order valence-electron chi connectivity index (χ1n) is 6.10. The van der Waals surface area contributed by atoms with E-state index in [1.165, 1.54) is 0 Å². The van der Waals surface area contributed by atoms with Crippen molar-refractivity contribution in [3.05, 3.63) is 34.3 Å². The largest absolute Gasteiger partial charge is 0.481 e. The van der Waals surface area contributed by atoms with Crippen molar-refractivity contribution in [3.63, 3.8) is 0 Å². The van der Waals surface area contributed by atoms with Gasteiger partial charge in [-0.25, -0.2) is 0 Å². The zero-order valence-electron chi connectivity index (χ0n) is 10.4. The normalized spacial score (nSPS) is 23.9. The van der Waals surface area contributed by atoms with E-state index in [0.717, 1.165) is 17.5 Å². The fourth-order valence-electron chi connectivity index (χ4n) is 2.40. The summed E-state index contributed by atoms with van der Waals surface area (Å²) in [4.78, 5) is 11.5. The first-order valence-corrected chi connectivity index (χ1v) is 6.47. The first-order chi connectivity index (χ1) is 8.53. The molecule has 1 atom stereocenters. The van der Waals surface area contributed by atoms with Gasteiger partial charge in [-0.3, -0.25) is 4.79 Å². The van der Waals surface area contributed by atoms with Crippen molar-refractivity contribution in [2.45, 2.75) is 26.2 Å². The van der Waals surface area contributed by atoms with Gasteiger partial charge in [-0.15, -0.1) is 0 Å². The van der Waals surface area contributed by atoms with Crippen LogP contribution in [0.25, 0.3) is 0 Å². The molecule has 1 saturated heterocycles. The Kier molecular flexibility index (Phi) is 3.93. The van der Waals surface area contributed by atoms with Gasteiger partial charge in [0.15, 0.2) is 0 Å². The number of carboxylic acid groups (broad SMARTS) is 1. The van der Waals surface area contributed by atoms with E-state index in [-0.39, 0.29) is 6.61 Å². The van der Waals surface area contributed by atoms with E-state index in [4.69, 9.17) is 16.3 Å². The minimum absolute atomic E-state index is 0.270. The number of carboxylic acids is 1. The minimum Gasteiger partial charge on any atom is -0.481 e. The Morgan fingerprint density at radius 3 is 2.89 bits per heavy atom. The van der Waals surface area contributed by atoms with Gasteiger partial charge in [0, 0.05) is 11.6 Å². The predicted molar refractivity (Wildman–Crippen MR) is 70.0 cm³/mol. The van der Waals surface area contributed by atoms with Gasteiger partial charge in [0.25, 0.3) is 0 Å². The highest BCUT2D eigenvalue weighted by molar-refractivity contribution is 6.31. The summed E-state index contributed by atoms with van der Waals surface area (Å²) in [6.07, 6.45) is 1.86. The van der Waals surface area contributed by atoms with Crippen molar-refractivity contribution < 1.29 is 14.6 Å². The van der Waals surface area contributed by atoms with E-state index in [1.54, 1.807) is 0 Å². The van der Waals surface area contributed by atoms with Crippen molar-refractivity contribution in [1.29, 1.82) is 0 Å². The van der Waals surface area contributed by atoms with Crippen LogP contribution >= 0.6 is 11.6 Å². The number of carbonyl (C=O) groups is 1. The summed E-state index contributed by atoms with van der Waals surface area (Å²) in [6.45, 7) is 2.88. The second-order valence-corrected chi connectivity index (χ2v) is 5.42. The smallest absolute Gasteiger partial charge is 0.312 e. The molecule has 0 bridgehead atoms. The zero-order chi connectivity index (χ0) is 13.2. The predicted octanol–water partition coefficient (Wildman–Crippen LogP) is 3.07. The van der Waals surface area contributed by atoms with Crippen LogP contribution in [0.4, 0.5) is 0 Å². The van der Waals surface area contributed by atoms with Crippen LogP contribution in [-0.2, 0) is 16.0 Å². The Morgan fingerprint density at radius 2 is 2.33 bits per heavy atom. The molecule has 1 fully saturated rings. The molecule has 0 spiro atoms. The zero-order valence-corrected chi connectivity index (χ0v) is 11.2. The van der Waals surface area contributed by atoms with Crippen LogP contribution in [0, 0.1) is 12.3 Å². The molecule has 3 nitrogen and oxygen atoms in total. The Morgan fingerprint density at radius 1 is 1.56 bits per heavy atom. The van der Waals surface area contributed by atoms with Gasteiger partial charge in [-0.2, -0.15) is 0 Å². The van der Waals surface area contributed by atoms with Crippen molar-refractivity contribution >= 4 is 17.6 Å². The van der Waals surface area contributed by atoms with Crippen molar-refractivity contribution in [1.82, 2.24) is 0 Å². The van der Waals surface area contributed by atoms with Crippen molar-refractivity contribution in [2.75, 3.05) is 13.2 Å². The molecule has 0 radical (unpaired) electrons. The molecule has 1 N–H and O–H groups in total. The summed E-state index contributed by atoms with van der Waals surface area (Å²) in [5.41, 5.74) is 1.14. The lowest BCUT2D eigenvalue weighted by Gasteiger charge is -2.33. The molecule has 18 heavy (non-hydrogen) atoms. The standard InChI is InChI=1S/C14H17ClO3/c1-10-3-4-11(12(15)7-10)8-14(13(16)17)5-2-6-18-9-14/h3-4,7H,2,5-6,8-9H2,1H3,(H,16,17). The lowest BCUT2D eigenvalue weighted by molar-refractivity contribution is -0.157. The Balaban J connectivity index is 2.26. The first kappa shape index (κ1) is 13.4. The van der Waals surface area contributed by atoms with Crippen LogP contribution in [0.3, 0.4) is 0 Å². The number of rotatable bonds is 3. The van der Waals surface area contributed by atoms with Gasteiger partial charge in [-0.1, -0.05) is 23.7 Å².